The van der Waals surface area contributed by atoms with E-state index in [0.717, 1.165) is 5.56 Å². The summed E-state index contributed by atoms with van der Waals surface area (Å²) >= 11 is 0. The third-order valence-corrected chi connectivity index (χ3v) is 14.1. The van der Waals surface area contributed by atoms with Crippen LogP contribution in [0, 0.1) is 0 Å². The van der Waals surface area contributed by atoms with Crippen LogP contribution in [0.25, 0.3) is 0 Å². The molecule has 0 aliphatic carbocycles. The third-order valence-electron chi connectivity index (χ3n) is 5.49. The molecule has 0 aliphatic heterocycles. The highest BCUT2D eigenvalue weighted by atomic mass is 31.2. The van der Waals surface area contributed by atoms with Gasteiger partial charge in [0.15, 0.2) is 0 Å². The van der Waals surface area contributed by atoms with E-state index in [9.17, 15) is 18.7 Å². The Balaban J connectivity index is 3.14. The minimum Gasteiger partial charge on any atom is -0.480 e. The van der Waals surface area contributed by atoms with Gasteiger partial charge in [-0.05, 0) is 30.5 Å². The topological polar surface area (TPSA) is 127 Å². The first kappa shape index (κ1) is 29.6. The molecule has 0 aromatic heterocycles. The number of carboxylic acids is 1. The fraction of sp³-hybridized carbons (Fsp3) is 0.360. The molecular formula is C25H36N2O5P2. The normalized spacial score (nSPS) is 12.5. The molecule has 9 heteroatoms. The van der Waals surface area contributed by atoms with E-state index in [1.165, 1.54) is 0 Å². The second-order valence-electron chi connectivity index (χ2n) is 8.20. The lowest BCUT2D eigenvalue weighted by Crippen LogP contribution is -2.31. The maximum atomic E-state index is 14.0. The number of rotatable bonds is 17. The van der Waals surface area contributed by atoms with Crippen molar-refractivity contribution in [1.82, 2.24) is 0 Å². The van der Waals surface area contributed by atoms with Gasteiger partial charge in [-0.1, -0.05) is 36.4 Å². The molecule has 7 nitrogen and oxygen atoms in total. The number of hydrogen-bond donors (Lipinski definition) is 3. The summed E-state index contributed by atoms with van der Waals surface area (Å²) in [5, 5.41) is 10.9. The van der Waals surface area contributed by atoms with Crippen molar-refractivity contribution in [2.24, 2.45) is 5.73 Å². The Morgan fingerprint density at radius 1 is 0.912 bits per heavy atom. The Bertz CT molecular complexity index is 922. The molecule has 0 saturated carbocycles. The van der Waals surface area contributed by atoms with E-state index >= 15 is 0 Å². The van der Waals surface area contributed by atoms with Crippen molar-refractivity contribution in [2.75, 3.05) is 30.0 Å². The second kappa shape index (κ2) is 14.1. The molecule has 0 unspecified atom stereocenters. The predicted molar refractivity (Wildman–Crippen MR) is 143 cm³/mol. The van der Waals surface area contributed by atoms with Gasteiger partial charge in [0.05, 0.1) is 5.40 Å². The first-order chi connectivity index (χ1) is 16.0. The van der Waals surface area contributed by atoms with E-state index in [1.54, 1.807) is 48.6 Å². The Hall–Kier alpha value is -2.46. The number of carboxylic acid groups (broad SMARTS) is 1. The summed E-state index contributed by atoms with van der Waals surface area (Å²) < 4.78 is 28.0. The second-order valence-corrected chi connectivity index (χ2v) is 15.1. The highest BCUT2D eigenvalue weighted by Gasteiger charge is 2.42. The molecule has 186 valence electrons. The number of aliphatic carboxylic acids is 1. The van der Waals surface area contributed by atoms with Crippen LogP contribution in [-0.2, 0) is 25.1 Å². The third kappa shape index (κ3) is 8.72. The SMILES string of the molecule is C=CCP(=O)(CC=C)C(Cc1ccc(NC(=O)CC[C@H](N)C(=O)O)cc1)P(=O)(CC=C)CC=C. The van der Waals surface area contributed by atoms with E-state index in [-0.39, 0.29) is 43.4 Å². The lowest BCUT2D eigenvalue weighted by Gasteiger charge is -2.33. The first-order valence-electron chi connectivity index (χ1n) is 11.0. The molecular weight excluding hydrogens is 470 g/mol. The molecule has 1 aromatic rings. The van der Waals surface area contributed by atoms with Crippen LogP contribution >= 0.6 is 14.3 Å². The molecule has 34 heavy (non-hydrogen) atoms. The molecule has 0 heterocycles. The van der Waals surface area contributed by atoms with Crippen LogP contribution in [0.5, 0.6) is 0 Å². The fourth-order valence-corrected chi connectivity index (χ4v) is 12.1. The van der Waals surface area contributed by atoms with Gasteiger partial charge in [0.25, 0.3) is 0 Å². The smallest absolute Gasteiger partial charge is 0.320 e. The largest absolute Gasteiger partial charge is 0.480 e. The molecule has 1 aromatic carbocycles. The Morgan fingerprint density at radius 2 is 1.35 bits per heavy atom. The maximum Gasteiger partial charge on any atom is 0.320 e. The van der Waals surface area contributed by atoms with E-state index in [0.29, 0.717) is 12.1 Å². The molecule has 1 rings (SSSR count). The van der Waals surface area contributed by atoms with Crippen LogP contribution in [0.3, 0.4) is 0 Å². The van der Waals surface area contributed by atoms with Crippen molar-refractivity contribution >= 4 is 31.8 Å². The first-order valence-corrected chi connectivity index (χ1v) is 15.3. The fourth-order valence-electron chi connectivity index (χ4n) is 3.79. The van der Waals surface area contributed by atoms with Crippen molar-refractivity contribution in [3.63, 3.8) is 0 Å². The molecule has 0 bridgehead atoms. The molecule has 0 radical (unpaired) electrons. The quantitative estimate of drug-likeness (QED) is 0.198. The average molecular weight is 507 g/mol. The summed E-state index contributed by atoms with van der Waals surface area (Å²) in [5.74, 6) is -1.49. The summed E-state index contributed by atoms with van der Waals surface area (Å²) in [6.07, 6.45) is 7.82. The van der Waals surface area contributed by atoms with Gasteiger partial charge in [0.2, 0.25) is 5.91 Å². The van der Waals surface area contributed by atoms with E-state index in [4.69, 9.17) is 10.8 Å². The van der Waals surface area contributed by atoms with E-state index in [1.807, 2.05) is 0 Å². The number of carbonyl (C=O) groups excluding carboxylic acids is 1. The Labute approximate surface area is 202 Å². The summed E-state index contributed by atoms with van der Waals surface area (Å²) in [4.78, 5) is 22.9. The highest BCUT2D eigenvalue weighted by molar-refractivity contribution is 7.82. The van der Waals surface area contributed by atoms with Gasteiger partial charge in [-0.25, -0.2) is 0 Å². The van der Waals surface area contributed by atoms with E-state index in [2.05, 4.69) is 31.6 Å². The highest BCUT2D eigenvalue weighted by Crippen LogP contribution is 2.69. The van der Waals surface area contributed by atoms with Gasteiger partial charge in [0, 0.05) is 36.8 Å². The zero-order valence-electron chi connectivity index (χ0n) is 19.6. The molecule has 0 aliphatic rings. The molecule has 1 atom stereocenters. The van der Waals surface area contributed by atoms with Gasteiger partial charge in [-0.3, -0.25) is 9.59 Å². The van der Waals surface area contributed by atoms with Crippen molar-refractivity contribution in [3.05, 3.63) is 80.4 Å². The number of carbonyl (C=O) groups is 2. The summed E-state index contributed by atoms with van der Waals surface area (Å²) in [6.45, 7) is 15.0. The number of nitrogens with two attached hydrogens (primary N) is 1. The Morgan fingerprint density at radius 3 is 1.74 bits per heavy atom. The predicted octanol–water partition coefficient (Wildman–Crippen LogP) is 5.16. The zero-order valence-corrected chi connectivity index (χ0v) is 21.4. The number of benzene rings is 1. The molecule has 0 spiro atoms. The van der Waals surface area contributed by atoms with Crippen LogP contribution in [0.1, 0.15) is 18.4 Å². The van der Waals surface area contributed by atoms with Crippen LogP contribution in [0.15, 0.2) is 74.9 Å². The molecule has 1 amide bonds. The number of hydrogen-bond acceptors (Lipinski definition) is 5. The van der Waals surface area contributed by atoms with Gasteiger partial charge in [0.1, 0.15) is 20.3 Å². The van der Waals surface area contributed by atoms with Crippen LogP contribution in [-0.4, -0.2) is 53.1 Å². The Kier molecular flexibility index (Phi) is 12.2. The van der Waals surface area contributed by atoms with E-state index < -0.39 is 31.7 Å². The van der Waals surface area contributed by atoms with Crippen LogP contribution in [0.2, 0.25) is 0 Å². The van der Waals surface area contributed by atoms with Crippen LogP contribution < -0.4 is 11.1 Å². The molecule has 0 saturated heterocycles. The summed E-state index contributed by atoms with van der Waals surface area (Å²) in [7, 11) is -5.92. The van der Waals surface area contributed by atoms with Gasteiger partial charge in [-0.15, -0.1) is 26.3 Å². The van der Waals surface area contributed by atoms with Crippen LogP contribution in [0.4, 0.5) is 5.69 Å². The summed E-state index contributed by atoms with van der Waals surface area (Å²) in [5.41, 5.74) is 6.80. The van der Waals surface area contributed by atoms with Crippen molar-refractivity contribution in [2.45, 2.75) is 30.7 Å². The maximum absolute atomic E-state index is 14.0. The number of allylic oxidation sites excluding steroid dienone is 4. The number of amides is 1. The monoisotopic (exact) mass is 506 g/mol. The lowest BCUT2D eigenvalue weighted by molar-refractivity contribution is -0.138. The lowest BCUT2D eigenvalue weighted by atomic mass is 10.1. The minimum absolute atomic E-state index is 0.0180. The average Bonchev–Trinajstić information content (AvgIpc) is 2.77. The zero-order chi connectivity index (χ0) is 25.8. The van der Waals surface area contributed by atoms with Crippen molar-refractivity contribution in [1.29, 1.82) is 0 Å². The van der Waals surface area contributed by atoms with Gasteiger partial charge < -0.3 is 25.3 Å². The van der Waals surface area contributed by atoms with Crippen molar-refractivity contribution < 1.29 is 23.8 Å². The number of anilines is 1. The standard InChI is InChI=1S/C25H36N2O5P2/c1-5-15-33(31,16-6-2)24(34(32,17-7-3)18-8-4)19-20-9-11-21(12-10-20)27-23(28)14-13-22(26)25(29)30/h5-12,22,24H,1-4,13-19,26H2,(H,27,28)(H,29,30)/t22-/m0/s1. The van der Waals surface area contributed by atoms with Gasteiger partial charge >= 0.3 is 5.97 Å². The molecule has 0 fully saturated rings. The summed E-state index contributed by atoms with van der Waals surface area (Å²) in [6, 6.07) is 5.92. The number of nitrogens with one attached hydrogen (secondary N) is 1. The molecule has 4 N–H and O–H groups in total. The minimum atomic E-state index is -2.96. The van der Waals surface area contributed by atoms with Gasteiger partial charge in [-0.2, -0.15) is 0 Å². The van der Waals surface area contributed by atoms with Crippen molar-refractivity contribution in [3.8, 4) is 0 Å².